The molecule has 2 saturated heterocycles. The zero-order valence-corrected chi connectivity index (χ0v) is 21.4. The molecule has 6 atom stereocenters. The molecule has 0 aromatic carbocycles. The van der Waals surface area contributed by atoms with Crippen LogP contribution in [0.5, 0.6) is 0 Å². The van der Waals surface area contributed by atoms with E-state index < -0.39 is 47.2 Å². The van der Waals surface area contributed by atoms with Crippen LogP contribution in [0.15, 0.2) is 24.3 Å². The molecule has 4 aliphatic rings. The molecular weight excluding hydrogens is 466 g/mol. The lowest BCUT2D eigenvalue weighted by atomic mass is 9.77. The summed E-state index contributed by atoms with van der Waals surface area (Å²) in [5, 5.41) is 12.2. The van der Waals surface area contributed by atoms with E-state index in [0.717, 1.165) is 0 Å². The SMILES string of the molecule is C[C@H]1CNC(=O)CC/C=C\[C@@H]2O[C@@]34C=CCN(C(C)(C)C)C(=O)[C@@H]3N(CCCO)C(=O)[C@H]4[C@@H]2C(=O)O1. The Kier molecular flexibility index (Phi) is 7.30. The summed E-state index contributed by atoms with van der Waals surface area (Å²) in [5.74, 6) is -3.24. The molecule has 0 unspecified atom stereocenters. The van der Waals surface area contributed by atoms with Gasteiger partial charge in [0.05, 0.1) is 18.6 Å². The minimum atomic E-state index is -1.35. The molecule has 4 aliphatic heterocycles. The number of carbonyl (C=O) groups is 4. The van der Waals surface area contributed by atoms with Crippen LogP contribution in [0.4, 0.5) is 0 Å². The number of rotatable bonds is 3. The predicted octanol–water partition coefficient (Wildman–Crippen LogP) is 0.544. The molecule has 0 bridgehead atoms. The number of hydrogen-bond donors (Lipinski definition) is 2. The third kappa shape index (κ3) is 4.56. The Balaban J connectivity index is 1.80. The van der Waals surface area contributed by atoms with E-state index in [1.54, 1.807) is 30.1 Å². The van der Waals surface area contributed by atoms with E-state index >= 15 is 0 Å². The third-order valence-electron chi connectivity index (χ3n) is 7.40. The average molecular weight is 504 g/mol. The van der Waals surface area contributed by atoms with Gasteiger partial charge in [-0.25, -0.2) is 0 Å². The molecule has 2 fully saturated rings. The topological polar surface area (TPSA) is 125 Å². The van der Waals surface area contributed by atoms with Crippen LogP contribution in [0.2, 0.25) is 0 Å². The fourth-order valence-corrected chi connectivity index (χ4v) is 5.75. The number of aliphatic hydroxyl groups is 1. The number of hydrogen-bond acceptors (Lipinski definition) is 7. The number of esters is 1. The smallest absolute Gasteiger partial charge is 0.313 e. The number of ether oxygens (including phenoxy) is 2. The number of aliphatic hydroxyl groups excluding tert-OH is 1. The molecule has 3 amide bonds. The lowest BCUT2D eigenvalue weighted by Crippen LogP contribution is -2.58. The Morgan fingerprint density at radius 3 is 2.61 bits per heavy atom. The van der Waals surface area contributed by atoms with Gasteiger partial charge in [-0.15, -0.1) is 0 Å². The molecule has 10 heteroatoms. The Hall–Kier alpha value is -2.72. The molecule has 0 aromatic heterocycles. The number of nitrogens with one attached hydrogen (secondary N) is 1. The van der Waals surface area contributed by atoms with Crippen molar-refractivity contribution in [2.45, 2.75) is 76.3 Å². The van der Waals surface area contributed by atoms with Crippen molar-refractivity contribution in [1.29, 1.82) is 0 Å². The molecule has 4 heterocycles. The summed E-state index contributed by atoms with van der Waals surface area (Å²) in [6.45, 7) is 8.03. The van der Waals surface area contributed by atoms with Crippen LogP contribution in [0, 0.1) is 11.8 Å². The Labute approximate surface area is 211 Å². The van der Waals surface area contributed by atoms with Gasteiger partial charge in [-0.05, 0) is 40.5 Å². The monoisotopic (exact) mass is 503 g/mol. The summed E-state index contributed by atoms with van der Waals surface area (Å²) in [4.78, 5) is 56.7. The normalized spacial score (nSPS) is 36.2. The minimum Gasteiger partial charge on any atom is -0.460 e. The number of likely N-dealkylation sites (tertiary alicyclic amines) is 1. The van der Waals surface area contributed by atoms with Gasteiger partial charge in [-0.1, -0.05) is 24.3 Å². The molecular formula is C26H37N3O7. The number of cyclic esters (lactones) is 1. The maximum atomic E-state index is 14.0. The highest BCUT2D eigenvalue weighted by Gasteiger charge is 2.72. The lowest BCUT2D eigenvalue weighted by molar-refractivity contribution is -0.159. The van der Waals surface area contributed by atoms with Crippen LogP contribution in [0.1, 0.15) is 47.0 Å². The second kappa shape index (κ2) is 9.97. The molecule has 10 nitrogen and oxygen atoms in total. The molecule has 0 radical (unpaired) electrons. The fourth-order valence-electron chi connectivity index (χ4n) is 5.75. The van der Waals surface area contributed by atoms with E-state index in [1.165, 1.54) is 4.90 Å². The van der Waals surface area contributed by atoms with E-state index in [0.29, 0.717) is 19.4 Å². The summed E-state index contributed by atoms with van der Waals surface area (Å²) < 4.78 is 12.2. The standard InChI is InChI=1S/C26H37N3O7/c1-16-15-27-18(31)10-6-5-9-17-19(24(34)35-16)20-22(32)28(12-8-14-30)21-23(33)29(25(2,3)4)13-7-11-26(20,21)36-17/h5,7,9,11,16-17,19-21,30H,6,8,10,12-15H2,1-4H3,(H,27,31)/b9-5-/t16-,17-,19+,20+,21-,26+/m0/s1. The van der Waals surface area contributed by atoms with Crippen molar-refractivity contribution in [1.82, 2.24) is 15.1 Å². The van der Waals surface area contributed by atoms with Crippen molar-refractivity contribution >= 4 is 23.7 Å². The van der Waals surface area contributed by atoms with Gasteiger partial charge in [0.25, 0.3) is 0 Å². The summed E-state index contributed by atoms with van der Waals surface area (Å²) in [5.41, 5.74) is -1.85. The van der Waals surface area contributed by atoms with Gasteiger partial charge in [0.15, 0.2) is 0 Å². The van der Waals surface area contributed by atoms with Gasteiger partial charge in [-0.3, -0.25) is 19.2 Å². The van der Waals surface area contributed by atoms with E-state index in [-0.39, 0.29) is 43.8 Å². The minimum absolute atomic E-state index is 0.137. The summed E-state index contributed by atoms with van der Waals surface area (Å²) in [7, 11) is 0. The van der Waals surface area contributed by atoms with Crippen molar-refractivity contribution in [3.05, 3.63) is 24.3 Å². The maximum absolute atomic E-state index is 14.0. The highest BCUT2D eigenvalue weighted by molar-refractivity contribution is 5.99. The molecule has 0 saturated carbocycles. The lowest BCUT2D eigenvalue weighted by Gasteiger charge is -2.40. The first-order valence-electron chi connectivity index (χ1n) is 12.7. The van der Waals surface area contributed by atoms with Crippen molar-refractivity contribution in [2.24, 2.45) is 11.8 Å². The summed E-state index contributed by atoms with van der Waals surface area (Å²) in [6, 6.07) is -0.968. The zero-order valence-electron chi connectivity index (χ0n) is 21.4. The number of carbonyl (C=O) groups excluding carboxylic acids is 4. The fraction of sp³-hybridized carbons (Fsp3) is 0.692. The van der Waals surface area contributed by atoms with E-state index in [4.69, 9.17) is 9.47 Å². The molecule has 4 rings (SSSR count). The summed E-state index contributed by atoms with van der Waals surface area (Å²) >= 11 is 0. The van der Waals surface area contributed by atoms with Crippen LogP contribution in [-0.2, 0) is 28.7 Å². The van der Waals surface area contributed by atoms with Crippen molar-refractivity contribution in [2.75, 3.05) is 26.2 Å². The molecule has 1 spiro atoms. The first kappa shape index (κ1) is 26.3. The zero-order chi connectivity index (χ0) is 26.3. The van der Waals surface area contributed by atoms with Crippen LogP contribution in [0.3, 0.4) is 0 Å². The first-order chi connectivity index (χ1) is 17.0. The quantitative estimate of drug-likeness (QED) is 0.425. The van der Waals surface area contributed by atoms with Gasteiger partial charge in [0.1, 0.15) is 23.7 Å². The Bertz CT molecular complexity index is 971. The van der Waals surface area contributed by atoms with Gasteiger partial charge in [0, 0.05) is 31.7 Å². The first-order valence-corrected chi connectivity index (χ1v) is 12.7. The second-order valence-corrected chi connectivity index (χ2v) is 11.0. The van der Waals surface area contributed by atoms with Crippen LogP contribution in [0.25, 0.3) is 0 Å². The number of allylic oxidation sites excluding steroid dienone is 1. The molecule has 198 valence electrons. The van der Waals surface area contributed by atoms with Crippen molar-refractivity contribution in [3.8, 4) is 0 Å². The summed E-state index contributed by atoms with van der Waals surface area (Å²) in [6.07, 6.45) is 6.75. The predicted molar refractivity (Wildman–Crippen MR) is 129 cm³/mol. The van der Waals surface area contributed by atoms with Crippen molar-refractivity contribution < 1.29 is 33.8 Å². The number of amides is 3. The van der Waals surface area contributed by atoms with E-state index in [1.807, 2.05) is 26.8 Å². The third-order valence-corrected chi connectivity index (χ3v) is 7.40. The highest BCUT2D eigenvalue weighted by atomic mass is 16.6. The Morgan fingerprint density at radius 1 is 1.17 bits per heavy atom. The molecule has 36 heavy (non-hydrogen) atoms. The largest absolute Gasteiger partial charge is 0.460 e. The Morgan fingerprint density at radius 2 is 1.92 bits per heavy atom. The van der Waals surface area contributed by atoms with Crippen LogP contribution in [-0.4, -0.2) is 94.2 Å². The van der Waals surface area contributed by atoms with Gasteiger partial charge in [-0.2, -0.15) is 0 Å². The van der Waals surface area contributed by atoms with Gasteiger partial charge >= 0.3 is 5.97 Å². The second-order valence-electron chi connectivity index (χ2n) is 11.0. The van der Waals surface area contributed by atoms with Crippen molar-refractivity contribution in [3.63, 3.8) is 0 Å². The number of nitrogens with zero attached hydrogens (tertiary/aromatic N) is 2. The van der Waals surface area contributed by atoms with Crippen LogP contribution >= 0.6 is 0 Å². The maximum Gasteiger partial charge on any atom is 0.313 e. The molecule has 2 N–H and O–H groups in total. The average Bonchev–Trinajstić information content (AvgIpc) is 3.17. The van der Waals surface area contributed by atoms with E-state index in [9.17, 15) is 24.3 Å². The van der Waals surface area contributed by atoms with Gasteiger partial charge in [0.2, 0.25) is 17.7 Å². The molecule has 0 aliphatic carbocycles. The van der Waals surface area contributed by atoms with E-state index in [2.05, 4.69) is 5.32 Å². The van der Waals surface area contributed by atoms with Crippen LogP contribution < -0.4 is 5.32 Å². The molecule has 0 aromatic rings. The van der Waals surface area contributed by atoms with Gasteiger partial charge < -0.3 is 29.7 Å². The number of fused-ring (bicyclic) bond motifs is 2. The highest BCUT2D eigenvalue weighted by Crippen LogP contribution is 2.53.